The Morgan fingerprint density at radius 2 is 2.10 bits per heavy atom. The SMILES string of the molecule is C=C1NNC(=O)C1C(C)C. The molecule has 1 amide bonds. The second-order valence-corrected chi connectivity index (χ2v) is 2.86. The van der Waals surface area contributed by atoms with Crippen LogP contribution in [0.4, 0.5) is 0 Å². The van der Waals surface area contributed by atoms with E-state index in [1.54, 1.807) is 0 Å². The standard InChI is InChI=1S/C7H12N2O/c1-4(2)6-5(3)8-9-7(6)10/h4,6,8H,3H2,1-2H3,(H,9,10). The Hall–Kier alpha value is -0.990. The molecule has 10 heavy (non-hydrogen) atoms. The van der Waals surface area contributed by atoms with E-state index < -0.39 is 0 Å². The number of hydrazine groups is 1. The number of hydrogen-bond donors (Lipinski definition) is 2. The molecule has 1 aliphatic rings. The van der Waals surface area contributed by atoms with Gasteiger partial charge in [-0.2, -0.15) is 0 Å². The van der Waals surface area contributed by atoms with Crippen molar-refractivity contribution in [1.29, 1.82) is 0 Å². The largest absolute Gasteiger partial charge is 0.302 e. The van der Waals surface area contributed by atoms with Gasteiger partial charge in [0, 0.05) is 5.70 Å². The molecule has 1 unspecified atom stereocenters. The highest BCUT2D eigenvalue weighted by atomic mass is 16.2. The predicted molar refractivity (Wildman–Crippen MR) is 38.7 cm³/mol. The molecule has 1 fully saturated rings. The number of nitrogens with one attached hydrogen (secondary N) is 2. The van der Waals surface area contributed by atoms with Gasteiger partial charge in [0.25, 0.3) is 0 Å². The van der Waals surface area contributed by atoms with E-state index in [1.807, 2.05) is 13.8 Å². The van der Waals surface area contributed by atoms with Gasteiger partial charge in [-0.1, -0.05) is 20.4 Å². The smallest absolute Gasteiger partial charge is 0.247 e. The minimum Gasteiger partial charge on any atom is -0.302 e. The fraction of sp³-hybridized carbons (Fsp3) is 0.571. The van der Waals surface area contributed by atoms with Crippen LogP contribution in [-0.2, 0) is 4.79 Å². The minimum atomic E-state index is -0.0556. The van der Waals surface area contributed by atoms with Gasteiger partial charge >= 0.3 is 0 Å². The van der Waals surface area contributed by atoms with Crippen LogP contribution < -0.4 is 10.9 Å². The highest BCUT2D eigenvalue weighted by molar-refractivity contribution is 5.83. The molecule has 0 aliphatic carbocycles. The van der Waals surface area contributed by atoms with E-state index in [9.17, 15) is 4.79 Å². The Morgan fingerprint density at radius 3 is 2.30 bits per heavy atom. The lowest BCUT2D eigenvalue weighted by atomic mass is 9.94. The highest BCUT2D eigenvalue weighted by Gasteiger charge is 2.30. The minimum absolute atomic E-state index is 0.0278. The summed E-state index contributed by atoms with van der Waals surface area (Å²) in [5, 5.41) is 0. The molecule has 0 radical (unpaired) electrons. The molecular weight excluding hydrogens is 128 g/mol. The van der Waals surface area contributed by atoms with Crippen molar-refractivity contribution in [2.45, 2.75) is 13.8 Å². The van der Waals surface area contributed by atoms with E-state index >= 15 is 0 Å². The lowest BCUT2D eigenvalue weighted by Gasteiger charge is -2.09. The van der Waals surface area contributed by atoms with E-state index in [4.69, 9.17) is 0 Å². The van der Waals surface area contributed by atoms with E-state index in [2.05, 4.69) is 17.4 Å². The summed E-state index contributed by atoms with van der Waals surface area (Å²) in [7, 11) is 0. The van der Waals surface area contributed by atoms with Gasteiger partial charge in [0.15, 0.2) is 0 Å². The number of carbonyl (C=O) groups is 1. The molecule has 3 nitrogen and oxygen atoms in total. The molecule has 0 aromatic rings. The molecule has 0 aromatic carbocycles. The molecule has 1 saturated heterocycles. The first kappa shape index (κ1) is 7.12. The van der Waals surface area contributed by atoms with Crippen molar-refractivity contribution in [2.75, 3.05) is 0 Å². The van der Waals surface area contributed by atoms with Crippen LogP contribution in [0.2, 0.25) is 0 Å². The van der Waals surface area contributed by atoms with Crippen molar-refractivity contribution < 1.29 is 4.79 Å². The van der Waals surface area contributed by atoms with Gasteiger partial charge in [-0.25, -0.2) is 0 Å². The summed E-state index contributed by atoms with van der Waals surface area (Å²) in [6.07, 6.45) is 0. The van der Waals surface area contributed by atoms with Crippen LogP contribution in [0.3, 0.4) is 0 Å². The molecule has 2 N–H and O–H groups in total. The molecule has 0 saturated carbocycles. The topological polar surface area (TPSA) is 41.1 Å². The van der Waals surface area contributed by atoms with Crippen molar-refractivity contribution >= 4 is 5.91 Å². The average molecular weight is 140 g/mol. The van der Waals surface area contributed by atoms with E-state index in [-0.39, 0.29) is 11.8 Å². The zero-order chi connectivity index (χ0) is 7.72. The van der Waals surface area contributed by atoms with Gasteiger partial charge in [-0.05, 0) is 5.92 Å². The van der Waals surface area contributed by atoms with Crippen LogP contribution in [0.25, 0.3) is 0 Å². The molecule has 3 heteroatoms. The van der Waals surface area contributed by atoms with Crippen LogP contribution in [0, 0.1) is 11.8 Å². The number of carbonyl (C=O) groups excluding carboxylic acids is 1. The Kier molecular flexibility index (Phi) is 1.66. The summed E-state index contributed by atoms with van der Waals surface area (Å²) in [4.78, 5) is 11.0. The lowest BCUT2D eigenvalue weighted by Crippen LogP contribution is -2.26. The molecule has 1 atom stereocenters. The monoisotopic (exact) mass is 140 g/mol. The normalized spacial score (nSPS) is 24.9. The highest BCUT2D eigenvalue weighted by Crippen LogP contribution is 2.19. The van der Waals surface area contributed by atoms with E-state index in [0.717, 1.165) is 5.70 Å². The van der Waals surface area contributed by atoms with Crippen LogP contribution >= 0.6 is 0 Å². The van der Waals surface area contributed by atoms with Crippen LogP contribution in [0.1, 0.15) is 13.8 Å². The third-order valence-corrected chi connectivity index (χ3v) is 1.67. The fourth-order valence-electron chi connectivity index (χ4n) is 1.16. The number of rotatable bonds is 1. The molecule has 56 valence electrons. The maximum absolute atomic E-state index is 11.0. The molecule has 1 rings (SSSR count). The second-order valence-electron chi connectivity index (χ2n) is 2.86. The molecule has 0 aromatic heterocycles. The Labute approximate surface area is 60.5 Å². The first-order valence-electron chi connectivity index (χ1n) is 3.37. The van der Waals surface area contributed by atoms with Gasteiger partial charge in [0.05, 0.1) is 5.92 Å². The van der Waals surface area contributed by atoms with Gasteiger partial charge in [0.2, 0.25) is 5.91 Å². The fourth-order valence-corrected chi connectivity index (χ4v) is 1.16. The average Bonchev–Trinajstić information content (AvgIpc) is 2.11. The summed E-state index contributed by atoms with van der Waals surface area (Å²) in [6.45, 7) is 7.72. The van der Waals surface area contributed by atoms with Crippen molar-refractivity contribution in [3.05, 3.63) is 12.3 Å². The third kappa shape index (κ3) is 0.988. The lowest BCUT2D eigenvalue weighted by molar-refractivity contribution is -0.123. The van der Waals surface area contributed by atoms with Gasteiger partial charge in [0.1, 0.15) is 0 Å². The zero-order valence-electron chi connectivity index (χ0n) is 6.27. The van der Waals surface area contributed by atoms with Gasteiger partial charge in [-0.3, -0.25) is 10.2 Å². The van der Waals surface area contributed by atoms with Crippen molar-refractivity contribution in [3.8, 4) is 0 Å². The molecule has 1 heterocycles. The maximum Gasteiger partial charge on any atom is 0.247 e. The second kappa shape index (κ2) is 2.33. The maximum atomic E-state index is 11.0. The molecule has 0 bridgehead atoms. The Balaban J connectivity index is 2.72. The van der Waals surface area contributed by atoms with Crippen LogP contribution in [0.5, 0.6) is 0 Å². The zero-order valence-corrected chi connectivity index (χ0v) is 6.27. The molecular formula is C7H12N2O. The van der Waals surface area contributed by atoms with E-state index in [0.29, 0.717) is 5.92 Å². The van der Waals surface area contributed by atoms with Crippen LogP contribution in [0.15, 0.2) is 12.3 Å². The number of amides is 1. The van der Waals surface area contributed by atoms with Gasteiger partial charge < -0.3 is 5.43 Å². The first-order chi connectivity index (χ1) is 4.63. The van der Waals surface area contributed by atoms with Crippen molar-refractivity contribution in [1.82, 2.24) is 10.9 Å². The summed E-state index contributed by atoms with van der Waals surface area (Å²) < 4.78 is 0. The van der Waals surface area contributed by atoms with Gasteiger partial charge in [-0.15, -0.1) is 0 Å². The Bertz CT molecular complexity index is 158. The quantitative estimate of drug-likeness (QED) is 0.553. The van der Waals surface area contributed by atoms with Crippen molar-refractivity contribution in [3.63, 3.8) is 0 Å². The first-order valence-corrected chi connectivity index (χ1v) is 3.37. The van der Waals surface area contributed by atoms with E-state index in [1.165, 1.54) is 0 Å². The summed E-state index contributed by atoms with van der Waals surface area (Å²) in [5.41, 5.74) is 6.00. The third-order valence-electron chi connectivity index (χ3n) is 1.67. The molecule has 1 aliphatic heterocycles. The summed E-state index contributed by atoms with van der Waals surface area (Å²) in [5.74, 6) is 0.294. The van der Waals surface area contributed by atoms with Crippen LogP contribution in [-0.4, -0.2) is 5.91 Å². The number of hydrogen-bond acceptors (Lipinski definition) is 2. The van der Waals surface area contributed by atoms with Crippen molar-refractivity contribution in [2.24, 2.45) is 11.8 Å². The Morgan fingerprint density at radius 1 is 1.50 bits per heavy atom. The predicted octanol–water partition coefficient (Wildman–Crippen LogP) is 0.407. The summed E-state index contributed by atoms with van der Waals surface area (Å²) in [6, 6.07) is 0. The molecule has 0 spiro atoms. The summed E-state index contributed by atoms with van der Waals surface area (Å²) >= 11 is 0.